The van der Waals surface area contributed by atoms with Crippen molar-refractivity contribution in [3.63, 3.8) is 0 Å². The number of fused-ring (bicyclic) bond motifs is 2. The van der Waals surface area contributed by atoms with Gasteiger partial charge in [0.05, 0.1) is 23.8 Å². The third-order valence-electron chi connectivity index (χ3n) is 4.96. The van der Waals surface area contributed by atoms with Crippen molar-refractivity contribution in [2.24, 2.45) is 0 Å². The van der Waals surface area contributed by atoms with Crippen LogP contribution in [-0.2, 0) is 4.74 Å². The maximum Gasteiger partial charge on any atom is 0.232 e. The second-order valence-electron chi connectivity index (χ2n) is 6.47. The fourth-order valence-electron chi connectivity index (χ4n) is 3.71. The van der Waals surface area contributed by atoms with Crippen molar-refractivity contribution in [1.82, 2.24) is 15.1 Å². The number of hydrogen-bond donors (Lipinski definition) is 0. The fourth-order valence-corrected chi connectivity index (χ4v) is 3.71. The van der Waals surface area contributed by atoms with Crippen molar-refractivity contribution in [3.05, 3.63) is 54.6 Å². The molecule has 1 aromatic carbocycles. The molecule has 5 heteroatoms. The first kappa shape index (κ1) is 13.9. The van der Waals surface area contributed by atoms with Gasteiger partial charge in [-0.3, -0.25) is 4.98 Å². The van der Waals surface area contributed by atoms with Crippen molar-refractivity contribution in [2.75, 3.05) is 0 Å². The first-order chi connectivity index (χ1) is 11.9. The average Bonchev–Trinajstić information content (AvgIpc) is 3.39. The topological polar surface area (TPSA) is 61.0 Å². The Morgan fingerprint density at radius 1 is 0.958 bits per heavy atom. The lowest BCUT2D eigenvalue weighted by Crippen LogP contribution is -2.14. The number of benzene rings is 1. The van der Waals surface area contributed by atoms with Crippen LogP contribution in [0.3, 0.4) is 0 Å². The summed E-state index contributed by atoms with van der Waals surface area (Å²) in [6, 6.07) is 14.1. The lowest BCUT2D eigenvalue weighted by atomic mass is 9.89. The van der Waals surface area contributed by atoms with Crippen LogP contribution >= 0.6 is 0 Å². The molecule has 4 heterocycles. The van der Waals surface area contributed by atoms with E-state index in [1.54, 1.807) is 6.20 Å². The van der Waals surface area contributed by atoms with E-state index in [4.69, 9.17) is 9.26 Å². The Hall–Kier alpha value is -2.53. The molecule has 3 aromatic rings. The maximum absolute atomic E-state index is 5.88. The first-order valence-electron chi connectivity index (χ1n) is 8.38. The standard InChI is InChI=1S/C19H17N3O2/c1-2-4-12(5-3-1)16-8-6-13(11-20-16)18-21-19(24-22-18)15-10-14-7-9-17(15)23-14/h1-6,8,11,14-15,17H,7,9-10H2. The Labute approximate surface area is 139 Å². The third kappa shape index (κ3) is 2.32. The van der Waals surface area contributed by atoms with Gasteiger partial charge in [-0.1, -0.05) is 35.5 Å². The SMILES string of the molecule is c1ccc(-c2ccc(-c3noc(C4CC5CCC4O5)n3)cn2)cc1. The Bertz CT molecular complexity index is 845. The van der Waals surface area contributed by atoms with E-state index in [0.29, 0.717) is 17.8 Å². The minimum absolute atomic E-state index is 0.251. The lowest BCUT2D eigenvalue weighted by molar-refractivity contribution is 0.0974. The van der Waals surface area contributed by atoms with Crippen molar-refractivity contribution in [3.8, 4) is 22.6 Å². The Morgan fingerprint density at radius 3 is 2.58 bits per heavy atom. The van der Waals surface area contributed by atoms with Gasteiger partial charge in [0.2, 0.25) is 11.7 Å². The van der Waals surface area contributed by atoms with Gasteiger partial charge in [-0.05, 0) is 31.4 Å². The molecule has 2 bridgehead atoms. The highest BCUT2D eigenvalue weighted by atomic mass is 16.5. The molecule has 2 aliphatic heterocycles. The molecular formula is C19H17N3O2. The maximum atomic E-state index is 5.88. The van der Waals surface area contributed by atoms with E-state index in [1.165, 1.54) is 0 Å². The summed E-state index contributed by atoms with van der Waals surface area (Å²) in [4.78, 5) is 9.11. The molecule has 120 valence electrons. The largest absolute Gasteiger partial charge is 0.374 e. The van der Waals surface area contributed by atoms with Gasteiger partial charge in [-0.2, -0.15) is 4.98 Å². The van der Waals surface area contributed by atoms with Gasteiger partial charge in [-0.25, -0.2) is 0 Å². The highest BCUT2D eigenvalue weighted by Gasteiger charge is 2.44. The predicted octanol–water partition coefficient (Wildman–Crippen LogP) is 3.83. The minimum Gasteiger partial charge on any atom is -0.374 e. The van der Waals surface area contributed by atoms with Crippen LogP contribution in [0.4, 0.5) is 0 Å². The molecular weight excluding hydrogens is 302 g/mol. The second-order valence-corrected chi connectivity index (χ2v) is 6.47. The van der Waals surface area contributed by atoms with E-state index in [2.05, 4.69) is 15.1 Å². The smallest absolute Gasteiger partial charge is 0.232 e. The van der Waals surface area contributed by atoms with E-state index >= 15 is 0 Å². The number of ether oxygens (including phenoxy) is 1. The molecule has 2 aromatic heterocycles. The van der Waals surface area contributed by atoms with Gasteiger partial charge in [0.25, 0.3) is 0 Å². The van der Waals surface area contributed by atoms with Gasteiger partial charge in [-0.15, -0.1) is 0 Å². The summed E-state index contributed by atoms with van der Waals surface area (Å²) in [6.07, 6.45) is 5.68. The fraction of sp³-hybridized carbons (Fsp3) is 0.316. The molecule has 0 aliphatic carbocycles. The zero-order chi connectivity index (χ0) is 15.9. The van der Waals surface area contributed by atoms with E-state index in [-0.39, 0.29) is 12.0 Å². The van der Waals surface area contributed by atoms with Crippen LogP contribution in [0.2, 0.25) is 0 Å². The summed E-state index contributed by atoms with van der Waals surface area (Å²) < 4.78 is 11.4. The molecule has 0 saturated carbocycles. The molecule has 0 radical (unpaired) electrons. The van der Waals surface area contributed by atoms with Crippen LogP contribution < -0.4 is 0 Å². The number of rotatable bonds is 3. The molecule has 0 amide bonds. The zero-order valence-electron chi connectivity index (χ0n) is 13.1. The summed E-state index contributed by atoms with van der Waals surface area (Å²) in [7, 11) is 0. The van der Waals surface area contributed by atoms with Gasteiger partial charge < -0.3 is 9.26 Å². The van der Waals surface area contributed by atoms with Crippen molar-refractivity contribution in [2.45, 2.75) is 37.4 Å². The summed E-state index contributed by atoms with van der Waals surface area (Å²) >= 11 is 0. The minimum atomic E-state index is 0.251. The van der Waals surface area contributed by atoms with E-state index in [0.717, 1.165) is 36.1 Å². The van der Waals surface area contributed by atoms with Gasteiger partial charge >= 0.3 is 0 Å². The van der Waals surface area contributed by atoms with Crippen molar-refractivity contribution in [1.29, 1.82) is 0 Å². The quantitative estimate of drug-likeness (QED) is 0.734. The van der Waals surface area contributed by atoms with Crippen LogP contribution in [-0.4, -0.2) is 27.3 Å². The molecule has 24 heavy (non-hydrogen) atoms. The van der Waals surface area contributed by atoms with Crippen LogP contribution in [0.5, 0.6) is 0 Å². The Balaban J connectivity index is 1.39. The normalized spacial score (nSPS) is 25.2. The number of nitrogens with zero attached hydrogens (tertiary/aromatic N) is 3. The van der Waals surface area contributed by atoms with Gasteiger partial charge in [0, 0.05) is 17.3 Å². The molecule has 2 aliphatic rings. The number of aromatic nitrogens is 3. The zero-order valence-corrected chi connectivity index (χ0v) is 13.1. The molecule has 0 spiro atoms. The van der Waals surface area contributed by atoms with Crippen LogP contribution in [0.1, 0.15) is 31.1 Å². The summed E-state index contributed by atoms with van der Waals surface area (Å²) in [5.74, 6) is 1.55. The molecule has 5 nitrogen and oxygen atoms in total. The summed E-state index contributed by atoms with van der Waals surface area (Å²) in [5.41, 5.74) is 2.90. The Kier molecular flexibility index (Phi) is 3.19. The molecule has 2 saturated heterocycles. The van der Waals surface area contributed by atoms with Crippen molar-refractivity contribution < 1.29 is 9.26 Å². The van der Waals surface area contributed by atoms with E-state index in [9.17, 15) is 0 Å². The first-order valence-corrected chi connectivity index (χ1v) is 8.38. The van der Waals surface area contributed by atoms with E-state index in [1.807, 2.05) is 42.5 Å². The molecule has 5 rings (SSSR count). The average molecular weight is 319 g/mol. The van der Waals surface area contributed by atoms with Crippen LogP contribution in [0.25, 0.3) is 22.6 Å². The lowest BCUT2D eigenvalue weighted by Gasteiger charge is -2.13. The third-order valence-corrected chi connectivity index (χ3v) is 4.96. The second kappa shape index (κ2) is 5.53. The predicted molar refractivity (Wildman–Crippen MR) is 88.2 cm³/mol. The summed E-state index contributed by atoms with van der Waals surface area (Å²) in [6.45, 7) is 0. The van der Waals surface area contributed by atoms with Crippen LogP contribution in [0, 0.1) is 0 Å². The van der Waals surface area contributed by atoms with Gasteiger partial charge in [0.15, 0.2) is 0 Å². The van der Waals surface area contributed by atoms with Crippen LogP contribution in [0.15, 0.2) is 53.2 Å². The molecule has 3 atom stereocenters. The molecule has 3 unspecified atom stereocenters. The van der Waals surface area contributed by atoms with Crippen molar-refractivity contribution >= 4 is 0 Å². The van der Waals surface area contributed by atoms with E-state index < -0.39 is 0 Å². The molecule has 0 N–H and O–H groups in total. The number of hydrogen-bond acceptors (Lipinski definition) is 5. The molecule has 2 fully saturated rings. The van der Waals surface area contributed by atoms with Gasteiger partial charge in [0.1, 0.15) is 0 Å². The summed E-state index contributed by atoms with van der Waals surface area (Å²) in [5, 5.41) is 4.14. The number of pyridine rings is 1. The highest BCUT2D eigenvalue weighted by Crippen LogP contribution is 2.44. The monoisotopic (exact) mass is 319 g/mol. The Morgan fingerprint density at radius 2 is 1.88 bits per heavy atom. The highest BCUT2D eigenvalue weighted by molar-refractivity contribution is 5.62.